The van der Waals surface area contributed by atoms with Crippen LogP contribution in [0.5, 0.6) is 0 Å². The third-order valence-corrected chi connectivity index (χ3v) is 5.23. The maximum atomic E-state index is 13.5. The Labute approximate surface area is 128 Å². The Hall–Kier alpha value is -0.450. The summed E-state index contributed by atoms with van der Waals surface area (Å²) in [4.78, 5) is 2.50. The van der Waals surface area contributed by atoms with Crippen molar-refractivity contribution in [3.05, 3.63) is 34.1 Å². The second-order valence-electron chi connectivity index (χ2n) is 6.40. The van der Waals surface area contributed by atoms with Crippen LogP contribution in [0.3, 0.4) is 0 Å². The van der Waals surface area contributed by atoms with Crippen LogP contribution in [0.25, 0.3) is 0 Å². The van der Waals surface area contributed by atoms with E-state index in [0.717, 1.165) is 29.7 Å². The highest BCUT2D eigenvalue weighted by Crippen LogP contribution is 2.33. The summed E-state index contributed by atoms with van der Waals surface area (Å²) < 4.78 is 14.3. The van der Waals surface area contributed by atoms with Gasteiger partial charge in [-0.3, -0.25) is 4.90 Å². The number of hydrogen-bond acceptors (Lipinski definition) is 2. The maximum absolute atomic E-state index is 13.5. The van der Waals surface area contributed by atoms with Gasteiger partial charge in [0.2, 0.25) is 0 Å². The summed E-state index contributed by atoms with van der Waals surface area (Å²) >= 11 is 3.38. The van der Waals surface area contributed by atoms with Gasteiger partial charge in [-0.1, -0.05) is 28.8 Å². The Morgan fingerprint density at radius 3 is 2.80 bits per heavy atom. The largest absolute Gasteiger partial charge is 0.308 e. The zero-order chi connectivity index (χ0) is 14.2. The minimum Gasteiger partial charge on any atom is -0.308 e. The standard InChI is InChI=1S/C16H22BrFN2/c1-12-9-19-16(4-2-3-5-16)11-20(12)10-13-6-14(17)8-15(18)7-13/h6-8,12,19H,2-5,9-11H2,1H3. The summed E-state index contributed by atoms with van der Waals surface area (Å²) in [5.74, 6) is -0.159. The summed E-state index contributed by atoms with van der Waals surface area (Å²) in [7, 11) is 0. The smallest absolute Gasteiger partial charge is 0.124 e. The van der Waals surface area contributed by atoms with Gasteiger partial charge < -0.3 is 5.32 Å². The van der Waals surface area contributed by atoms with Crippen LogP contribution in [-0.2, 0) is 6.54 Å². The van der Waals surface area contributed by atoms with Crippen molar-refractivity contribution in [1.29, 1.82) is 0 Å². The first-order valence-corrected chi connectivity index (χ1v) is 8.30. The molecule has 1 aliphatic heterocycles. The lowest BCUT2D eigenvalue weighted by atomic mass is 9.92. The van der Waals surface area contributed by atoms with Crippen LogP contribution in [0.15, 0.2) is 22.7 Å². The molecule has 1 N–H and O–H groups in total. The molecule has 1 aromatic rings. The Kier molecular flexibility index (Phi) is 4.16. The first-order valence-electron chi connectivity index (χ1n) is 7.50. The van der Waals surface area contributed by atoms with E-state index in [1.54, 1.807) is 6.07 Å². The molecule has 0 amide bonds. The first kappa shape index (κ1) is 14.5. The minimum absolute atomic E-state index is 0.159. The first-order chi connectivity index (χ1) is 9.56. The van der Waals surface area contributed by atoms with Crippen LogP contribution in [0.4, 0.5) is 4.39 Å². The second kappa shape index (κ2) is 5.74. The molecule has 1 saturated heterocycles. The number of nitrogens with zero attached hydrogens (tertiary/aromatic N) is 1. The molecule has 1 atom stereocenters. The summed E-state index contributed by atoms with van der Waals surface area (Å²) in [6.07, 6.45) is 5.23. The van der Waals surface area contributed by atoms with Gasteiger partial charge in [0, 0.05) is 35.7 Å². The molecule has 0 radical (unpaired) electrons. The van der Waals surface area contributed by atoms with Crippen molar-refractivity contribution in [3.63, 3.8) is 0 Å². The van der Waals surface area contributed by atoms with E-state index in [-0.39, 0.29) is 5.82 Å². The third-order valence-electron chi connectivity index (χ3n) is 4.77. The van der Waals surface area contributed by atoms with Gasteiger partial charge in [0.15, 0.2) is 0 Å². The van der Waals surface area contributed by atoms with Crippen molar-refractivity contribution >= 4 is 15.9 Å². The van der Waals surface area contributed by atoms with Crippen molar-refractivity contribution in [2.24, 2.45) is 0 Å². The van der Waals surface area contributed by atoms with Crippen molar-refractivity contribution in [3.8, 4) is 0 Å². The topological polar surface area (TPSA) is 15.3 Å². The Morgan fingerprint density at radius 2 is 2.10 bits per heavy atom. The molecule has 1 heterocycles. The molecule has 0 bridgehead atoms. The zero-order valence-electron chi connectivity index (χ0n) is 12.0. The lowest BCUT2D eigenvalue weighted by Crippen LogP contribution is -2.62. The van der Waals surface area contributed by atoms with E-state index in [4.69, 9.17) is 0 Å². The van der Waals surface area contributed by atoms with Crippen LogP contribution >= 0.6 is 15.9 Å². The Morgan fingerprint density at radius 1 is 1.35 bits per heavy atom. The molecule has 1 aromatic carbocycles. The molecule has 20 heavy (non-hydrogen) atoms. The highest BCUT2D eigenvalue weighted by molar-refractivity contribution is 9.10. The normalized spacial score (nSPS) is 26.2. The van der Waals surface area contributed by atoms with E-state index in [1.165, 1.54) is 31.7 Å². The molecular weight excluding hydrogens is 319 g/mol. The van der Waals surface area contributed by atoms with Gasteiger partial charge in [0.05, 0.1) is 0 Å². The van der Waals surface area contributed by atoms with E-state index in [2.05, 4.69) is 33.1 Å². The molecule has 0 aromatic heterocycles. The second-order valence-corrected chi connectivity index (χ2v) is 7.32. The Bertz CT molecular complexity index is 465. The van der Waals surface area contributed by atoms with Gasteiger partial charge in [0.25, 0.3) is 0 Å². The van der Waals surface area contributed by atoms with E-state index < -0.39 is 0 Å². The summed E-state index contributed by atoms with van der Waals surface area (Å²) in [6.45, 7) is 5.21. The monoisotopic (exact) mass is 340 g/mol. The van der Waals surface area contributed by atoms with E-state index in [9.17, 15) is 4.39 Å². The lowest BCUT2D eigenvalue weighted by Gasteiger charge is -2.45. The zero-order valence-corrected chi connectivity index (χ0v) is 13.5. The molecule has 110 valence electrons. The van der Waals surface area contributed by atoms with Crippen molar-refractivity contribution in [2.45, 2.75) is 50.7 Å². The molecule has 1 saturated carbocycles. The summed E-state index contributed by atoms with van der Waals surface area (Å²) in [5, 5.41) is 3.76. The SMILES string of the molecule is CC1CNC2(CCCC2)CN1Cc1cc(F)cc(Br)c1. The third kappa shape index (κ3) is 3.07. The maximum Gasteiger partial charge on any atom is 0.124 e. The number of piperazine rings is 1. The molecule has 1 aliphatic carbocycles. The fourth-order valence-corrected chi connectivity index (χ4v) is 4.14. The average Bonchev–Trinajstić information content (AvgIpc) is 2.81. The Balaban J connectivity index is 1.74. The molecule has 2 fully saturated rings. The molecule has 1 unspecified atom stereocenters. The fourth-order valence-electron chi connectivity index (χ4n) is 3.63. The van der Waals surface area contributed by atoms with Crippen molar-refractivity contribution in [2.75, 3.05) is 13.1 Å². The molecule has 2 aliphatic rings. The van der Waals surface area contributed by atoms with Crippen LogP contribution in [0.1, 0.15) is 38.2 Å². The van der Waals surface area contributed by atoms with Crippen LogP contribution < -0.4 is 5.32 Å². The molecule has 1 spiro atoms. The van der Waals surface area contributed by atoms with Gasteiger partial charge >= 0.3 is 0 Å². The van der Waals surface area contributed by atoms with Gasteiger partial charge in [-0.25, -0.2) is 4.39 Å². The fraction of sp³-hybridized carbons (Fsp3) is 0.625. The van der Waals surface area contributed by atoms with Crippen molar-refractivity contribution in [1.82, 2.24) is 10.2 Å². The number of rotatable bonds is 2. The molecular formula is C16H22BrFN2. The van der Waals surface area contributed by atoms with Crippen LogP contribution in [0.2, 0.25) is 0 Å². The van der Waals surface area contributed by atoms with E-state index in [0.29, 0.717) is 11.6 Å². The number of benzene rings is 1. The summed E-state index contributed by atoms with van der Waals surface area (Å²) in [6, 6.07) is 5.70. The van der Waals surface area contributed by atoms with Crippen molar-refractivity contribution < 1.29 is 4.39 Å². The predicted octanol–water partition coefficient (Wildman–Crippen LogP) is 3.69. The molecule has 4 heteroatoms. The molecule has 3 rings (SSSR count). The van der Waals surface area contributed by atoms with Gasteiger partial charge in [0.1, 0.15) is 5.82 Å². The van der Waals surface area contributed by atoms with Crippen LogP contribution in [-0.4, -0.2) is 29.6 Å². The quantitative estimate of drug-likeness (QED) is 0.883. The van der Waals surface area contributed by atoms with Gasteiger partial charge in [-0.2, -0.15) is 0 Å². The number of halogens is 2. The average molecular weight is 341 g/mol. The lowest BCUT2D eigenvalue weighted by molar-refractivity contribution is 0.0826. The van der Waals surface area contributed by atoms with Gasteiger partial charge in [-0.15, -0.1) is 0 Å². The van der Waals surface area contributed by atoms with E-state index >= 15 is 0 Å². The number of nitrogens with one attached hydrogen (secondary N) is 1. The predicted molar refractivity (Wildman–Crippen MR) is 83.2 cm³/mol. The van der Waals surface area contributed by atoms with Gasteiger partial charge in [-0.05, 0) is 43.5 Å². The highest BCUT2D eigenvalue weighted by atomic mass is 79.9. The minimum atomic E-state index is -0.159. The molecule has 2 nitrogen and oxygen atoms in total. The van der Waals surface area contributed by atoms with E-state index in [1.807, 2.05) is 6.07 Å². The highest BCUT2D eigenvalue weighted by Gasteiger charge is 2.39. The number of hydrogen-bond donors (Lipinski definition) is 1. The van der Waals surface area contributed by atoms with Crippen LogP contribution in [0, 0.1) is 5.82 Å². The summed E-state index contributed by atoms with van der Waals surface area (Å²) in [5.41, 5.74) is 1.37.